The Bertz CT molecular complexity index is 426. The second-order valence-electron chi connectivity index (χ2n) is 7.83. The predicted molar refractivity (Wildman–Crippen MR) is 86.6 cm³/mol. The van der Waals surface area contributed by atoms with Crippen molar-refractivity contribution in [3.05, 3.63) is 35.9 Å². The van der Waals surface area contributed by atoms with Crippen LogP contribution in [0.3, 0.4) is 0 Å². The van der Waals surface area contributed by atoms with Gasteiger partial charge in [0.05, 0.1) is 0 Å². The zero-order valence-electron chi connectivity index (χ0n) is 13.4. The van der Waals surface area contributed by atoms with Gasteiger partial charge in [-0.25, -0.2) is 0 Å². The van der Waals surface area contributed by atoms with Gasteiger partial charge in [0.2, 0.25) is 0 Å². The van der Waals surface area contributed by atoms with Gasteiger partial charge >= 0.3 is 0 Å². The number of benzene rings is 1. The second-order valence-corrected chi connectivity index (χ2v) is 7.83. The minimum Gasteiger partial charge on any atom is -0.328 e. The highest BCUT2D eigenvalue weighted by Crippen LogP contribution is 2.45. The van der Waals surface area contributed by atoms with Crippen molar-refractivity contribution in [1.29, 1.82) is 0 Å². The standard InChI is InChI=1S/C18H30N2/c1-14(15-8-6-5-7-9-15)20-13-18(4)11-16(19)10-17(2,3)12-18/h5-9,14,16,20H,10-13,19H2,1-4H3. The van der Waals surface area contributed by atoms with Gasteiger partial charge in [-0.2, -0.15) is 0 Å². The Morgan fingerprint density at radius 2 is 1.85 bits per heavy atom. The average molecular weight is 274 g/mol. The Labute approximate surface area is 124 Å². The van der Waals surface area contributed by atoms with Crippen LogP contribution < -0.4 is 11.1 Å². The highest BCUT2D eigenvalue weighted by Gasteiger charge is 2.39. The molecule has 1 aliphatic rings. The lowest BCUT2D eigenvalue weighted by molar-refractivity contribution is 0.0806. The van der Waals surface area contributed by atoms with Gasteiger partial charge in [-0.15, -0.1) is 0 Å². The molecule has 0 saturated heterocycles. The number of nitrogens with two attached hydrogens (primary N) is 1. The van der Waals surface area contributed by atoms with E-state index in [1.54, 1.807) is 0 Å². The normalized spacial score (nSPS) is 30.9. The first kappa shape index (κ1) is 15.5. The molecule has 2 rings (SSSR count). The van der Waals surface area contributed by atoms with E-state index < -0.39 is 0 Å². The van der Waals surface area contributed by atoms with Crippen molar-refractivity contribution in [3.8, 4) is 0 Å². The summed E-state index contributed by atoms with van der Waals surface area (Å²) in [4.78, 5) is 0. The second kappa shape index (κ2) is 5.87. The summed E-state index contributed by atoms with van der Waals surface area (Å²) >= 11 is 0. The Kier molecular flexibility index (Phi) is 4.55. The fourth-order valence-electron chi connectivity index (χ4n) is 4.11. The highest BCUT2D eigenvalue weighted by molar-refractivity contribution is 5.18. The summed E-state index contributed by atoms with van der Waals surface area (Å²) in [6, 6.07) is 11.4. The number of nitrogens with one attached hydrogen (secondary N) is 1. The van der Waals surface area contributed by atoms with E-state index in [0.717, 1.165) is 19.4 Å². The van der Waals surface area contributed by atoms with E-state index in [0.29, 0.717) is 22.9 Å². The number of hydrogen-bond acceptors (Lipinski definition) is 2. The molecule has 2 heteroatoms. The zero-order valence-corrected chi connectivity index (χ0v) is 13.4. The van der Waals surface area contributed by atoms with Crippen molar-refractivity contribution < 1.29 is 0 Å². The first-order valence-corrected chi connectivity index (χ1v) is 7.84. The maximum atomic E-state index is 6.28. The van der Waals surface area contributed by atoms with E-state index >= 15 is 0 Å². The summed E-state index contributed by atoms with van der Waals surface area (Å²) in [5, 5.41) is 3.71. The molecule has 1 aliphatic carbocycles. The first-order chi connectivity index (χ1) is 9.30. The maximum Gasteiger partial charge on any atom is 0.0292 e. The number of rotatable bonds is 4. The molecule has 0 spiro atoms. The lowest BCUT2D eigenvalue weighted by Crippen LogP contribution is -2.46. The van der Waals surface area contributed by atoms with Crippen molar-refractivity contribution in [3.63, 3.8) is 0 Å². The lowest BCUT2D eigenvalue weighted by Gasteiger charge is -2.46. The third kappa shape index (κ3) is 4.07. The molecule has 1 aromatic rings. The predicted octanol–water partition coefficient (Wildman–Crippen LogP) is 3.88. The SMILES string of the molecule is CC(NCC1(C)CC(N)CC(C)(C)C1)c1ccccc1. The molecule has 3 atom stereocenters. The van der Waals surface area contributed by atoms with Crippen molar-refractivity contribution in [2.24, 2.45) is 16.6 Å². The van der Waals surface area contributed by atoms with Gasteiger partial charge in [0.1, 0.15) is 0 Å². The fourth-order valence-corrected chi connectivity index (χ4v) is 4.11. The van der Waals surface area contributed by atoms with Crippen LogP contribution in [0.2, 0.25) is 0 Å². The molecule has 1 fully saturated rings. The molecule has 1 aromatic carbocycles. The summed E-state index contributed by atoms with van der Waals surface area (Å²) in [5.41, 5.74) is 8.31. The van der Waals surface area contributed by atoms with Crippen LogP contribution in [-0.4, -0.2) is 12.6 Å². The van der Waals surface area contributed by atoms with Gasteiger partial charge in [-0.05, 0) is 42.6 Å². The van der Waals surface area contributed by atoms with Gasteiger partial charge in [-0.3, -0.25) is 0 Å². The molecule has 0 aromatic heterocycles. The smallest absolute Gasteiger partial charge is 0.0292 e. The molecular weight excluding hydrogens is 244 g/mol. The molecule has 0 aliphatic heterocycles. The Morgan fingerprint density at radius 3 is 2.45 bits per heavy atom. The van der Waals surface area contributed by atoms with Gasteiger partial charge in [-0.1, -0.05) is 51.1 Å². The molecule has 0 bridgehead atoms. The summed E-state index contributed by atoms with van der Waals surface area (Å²) in [6.07, 6.45) is 3.53. The quantitative estimate of drug-likeness (QED) is 0.874. The van der Waals surface area contributed by atoms with Crippen molar-refractivity contribution in [2.45, 2.75) is 59.0 Å². The fraction of sp³-hybridized carbons (Fsp3) is 0.667. The molecule has 3 N–H and O–H groups in total. The van der Waals surface area contributed by atoms with E-state index in [2.05, 4.69) is 63.3 Å². The maximum absolute atomic E-state index is 6.28. The zero-order chi connectivity index (χ0) is 14.8. The van der Waals surface area contributed by atoms with Crippen LogP contribution in [0.1, 0.15) is 58.6 Å². The van der Waals surface area contributed by atoms with Gasteiger partial charge in [0.15, 0.2) is 0 Å². The van der Waals surface area contributed by atoms with Gasteiger partial charge in [0, 0.05) is 18.6 Å². The van der Waals surface area contributed by atoms with E-state index in [1.165, 1.54) is 12.0 Å². The molecule has 0 amide bonds. The molecule has 3 unspecified atom stereocenters. The van der Waals surface area contributed by atoms with E-state index in [4.69, 9.17) is 5.73 Å². The molecule has 1 saturated carbocycles. The highest BCUT2D eigenvalue weighted by atomic mass is 14.9. The topological polar surface area (TPSA) is 38.0 Å². The monoisotopic (exact) mass is 274 g/mol. The van der Waals surface area contributed by atoms with Crippen LogP contribution in [0, 0.1) is 10.8 Å². The molecule has 112 valence electrons. The van der Waals surface area contributed by atoms with Gasteiger partial charge in [0.25, 0.3) is 0 Å². The van der Waals surface area contributed by atoms with Crippen LogP contribution in [0.25, 0.3) is 0 Å². The number of hydrogen-bond donors (Lipinski definition) is 2. The minimum atomic E-state index is 0.310. The van der Waals surface area contributed by atoms with Crippen LogP contribution in [0.4, 0.5) is 0 Å². The molecular formula is C18H30N2. The van der Waals surface area contributed by atoms with Crippen molar-refractivity contribution in [1.82, 2.24) is 5.32 Å². The Morgan fingerprint density at radius 1 is 1.20 bits per heavy atom. The minimum absolute atomic E-state index is 0.310. The van der Waals surface area contributed by atoms with E-state index in [9.17, 15) is 0 Å². The molecule has 0 heterocycles. The average Bonchev–Trinajstić information content (AvgIpc) is 2.34. The van der Waals surface area contributed by atoms with E-state index in [-0.39, 0.29) is 0 Å². The summed E-state index contributed by atoms with van der Waals surface area (Å²) in [7, 11) is 0. The summed E-state index contributed by atoms with van der Waals surface area (Å²) < 4.78 is 0. The molecule has 20 heavy (non-hydrogen) atoms. The van der Waals surface area contributed by atoms with Crippen LogP contribution in [0.5, 0.6) is 0 Å². The van der Waals surface area contributed by atoms with Crippen LogP contribution >= 0.6 is 0 Å². The van der Waals surface area contributed by atoms with Crippen LogP contribution in [0.15, 0.2) is 30.3 Å². The summed E-state index contributed by atoms with van der Waals surface area (Å²) in [5.74, 6) is 0. The van der Waals surface area contributed by atoms with Crippen LogP contribution in [-0.2, 0) is 0 Å². The molecule has 2 nitrogen and oxygen atoms in total. The van der Waals surface area contributed by atoms with Crippen molar-refractivity contribution >= 4 is 0 Å². The lowest BCUT2D eigenvalue weighted by atomic mass is 9.63. The Hall–Kier alpha value is -0.860. The Balaban J connectivity index is 1.95. The van der Waals surface area contributed by atoms with E-state index in [1.807, 2.05) is 0 Å². The molecule has 0 radical (unpaired) electrons. The largest absolute Gasteiger partial charge is 0.328 e. The van der Waals surface area contributed by atoms with Gasteiger partial charge < -0.3 is 11.1 Å². The first-order valence-electron chi connectivity index (χ1n) is 7.84. The summed E-state index contributed by atoms with van der Waals surface area (Å²) in [6.45, 7) is 10.4. The third-order valence-corrected chi connectivity index (χ3v) is 4.61. The van der Waals surface area contributed by atoms with Crippen molar-refractivity contribution in [2.75, 3.05) is 6.54 Å². The third-order valence-electron chi connectivity index (χ3n) is 4.61.